The van der Waals surface area contributed by atoms with Gasteiger partial charge in [-0.15, -0.1) is 0 Å². The molecule has 0 aliphatic carbocycles. The number of likely N-dealkylation sites (tertiary alicyclic amines) is 1. The molecule has 2 N–H and O–H groups in total. The van der Waals surface area contributed by atoms with Crippen LogP contribution in [-0.4, -0.2) is 47.6 Å². The zero-order valence-corrected chi connectivity index (χ0v) is 9.90. The number of aliphatic hydroxyl groups excluding tert-OH is 1. The summed E-state index contributed by atoms with van der Waals surface area (Å²) >= 11 is 0. The molecule has 0 aromatic rings. The fourth-order valence-corrected chi connectivity index (χ4v) is 1.85. The number of amides is 2. The Bertz CT molecular complexity index is 258. The predicted molar refractivity (Wildman–Crippen MR) is 59.7 cm³/mol. The van der Waals surface area contributed by atoms with Gasteiger partial charge < -0.3 is 15.3 Å². The third-order valence-corrected chi connectivity index (χ3v) is 2.88. The number of aliphatic hydroxyl groups is 1. The minimum Gasteiger partial charge on any atom is -0.392 e. The van der Waals surface area contributed by atoms with E-state index in [0.717, 1.165) is 0 Å². The summed E-state index contributed by atoms with van der Waals surface area (Å²) in [5.74, 6) is 0.0429. The zero-order valence-electron chi connectivity index (χ0n) is 9.90. The van der Waals surface area contributed by atoms with Crippen molar-refractivity contribution in [1.82, 2.24) is 10.2 Å². The predicted octanol–water partition coefficient (Wildman–Crippen LogP) is -0.258. The van der Waals surface area contributed by atoms with Crippen molar-refractivity contribution >= 4 is 11.8 Å². The lowest BCUT2D eigenvalue weighted by atomic mass is 9.96. The minimum atomic E-state index is -0.513. The van der Waals surface area contributed by atoms with Gasteiger partial charge in [-0.2, -0.15) is 0 Å². The topological polar surface area (TPSA) is 69.6 Å². The summed E-state index contributed by atoms with van der Waals surface area (Å²) < 4.78 is 0. The van der Waals surface area contributed by atoms with Crippen molar-refractivity contribution in [2.45, 2.75) is 32.8 Å². The number of hydrogen-bond acceptors (Lipinski definition) is 3. The normalized spacial score (nSPS) is 19.3. The van der Waals surface area contributed by atoms with Crippen molar-refractivity contribution < 1.29 is 14.7 Å². The van der Waals surface area contributed by atoms with Crippen LogP contribution in [0.5, 0.6) is 0 Å². The van der Waals surface area contributed by atoms with E-state index in [1.54, 1.807) is 18.7 Å². The Morgan fingerprint density at radius 1 is 1.44 bits per heavy atom. The first-order valence-electron chi connectivity index (χ1n) is 5.72. The Morgan fingerprint density at radius 3 is 2.44 bits per heavy atom. The molecule has 0 radical (unpaired) electrons. The van der Waals surface area contributed by atoms with E-state index in [9.17, 15) is 9.59 Å². The Hall–Kier alpha value is -1.10. The maximum absolute atomic E-state index is 11.7. The smallest absolute Gasteiger partial charge is 0.223 e. The molecule has 0 aromatic carbocycles. The van der Waals surface area contributed by atoms with E-state index in [1.807, 2.05) is 0 Å². The number of rotatable bonds is 3. The van der Waals surface area contributed by atoms with Gasteiger partial charge in [0.2, 0.25) is 11.8 Å². The average molecular weight is 228 g/mol. The third-order valence-electron chi connectivity index (χ3n) is 2.88. The Balaban J connectivity index is 2.30. The van der Waals surface area contributed by atoms with E-state index in [-0.39, 0.29) is 17.7 Å². The molecule has 1 rings (SSSR count). The average Bonchev–Trinajstić information content (AvgIpc) is 2.26. The number of piperidine rings is 1. The van der Waals surface area contributed by atoms with Crippen LogP contribution in [0.25, 0.3) is 0 Å². The van der Waals surface area contributed by atoms with Crippen molar-refractivity contribution in [3.8, 4) is 0 Å². The Morgan fingerprint density at radius 2 is 2.00 bits per heavy atom. The molecular weight excluding hydrogens is 208 g/mol. The molecule has 0 spiro atoms. The standard InChI is InChI=1S/C11H20N2O3/c1-8(14)7-12-11(16)10-3-5-13(6-4-10)9(2)15/h8,10,14H,3-7H2,1-2H3,(H,12,16). The third kappa shape index (κ3) is 3.81. The first kappa shape index (κ1) is 13.0. The van der Waals surface area contributed by atoms with Crippen LogP contribution >= 0.6 is 0 Å². The first-order chi connectivity index (χ1) is 7.50. The second-order valence-electron chi connectivity index (χ2n) is 4.37. The number of carbonyl (C=O) groups excluding carboxylic acids is 2. The highest BCUT2D eigenvalue weighted by atomic mass is 16.3. The zero-order chi connectivity index (χ0) is 12.1. The summed E-state index contributed by atoms with van der Waals surface area (Å²) in [6, 6.07) is 0. The maximum atomic E-state index is 11.7. The maximum Gasteiger partial charge on any atom is 0.223 e. The molecule has 1 heterocycles. The fraction of sp³-hybridized carbons (Fsp3) is 0.818. The van der Waals surface area contributed by atoms with Gasteiger partial charge in [0.15, 0.2) is 0 Å². The molecule has 0 aromatic heterocycles. The highest BCUT2D eigenvalue weighted by Gasteiger charge is 2.25. The highest BCUT2D eigenvalue weighted by Crippen LogP contribution is 2.17. The molecular formula is C11H20N2O3. The van der Waals surface area contributed by atoms with E-state index in [4.69, 9.17) is 5.11 Å². The monoisotopic (exact) mass is 228 g/mol. The molecule has 16 heavy (non-hydrogen) atoms. The molecule has 1 aliphatic rings. The van der Waals surface area contributed by atoms with Crippen LogP contribution in [0.4, 0.5) is 0 Å². The van der Waals surface area contributed by atoms with Crippen LogP contribution in [-0.2, 0) is 9.59 Å². The molecule has 1 unspecified atom stereocenters. The lowest BCUT2D eigenvalue weighted by Gasteiger charge is -2.30. The van der Waals surface area contributed by atoms with Crippen LogP contribution in [0, 0.1) is 5.92 Å². The molecule has 1 saturated heterocycles. The van der Waals surface area contributed by atoms with Crippen LogP contribution < -0.4 is 5.32 Å². The summed E-state index contributed by atoms with van der Waals surface area (Å²) in [5.41, 5.74) is 0. The van der Waals surface area contributed by atoms with Crippen LogP contribution in [0.1, 0.15) is 26.7 Å². The SMILES string of the molecule is CC(=O)N1CCC(C(=O)NCC(C)O)CC1. The largest absolute Gasteiger partial charge is 0.392 e. The molecule has 1 atom stereocenters. The molecule has 2 amide bonds. The van der Waals surface area contributed by atoms with Gasteiger partial charge in [0, 0.05) is 32.5 Å². The van der Waals surface area contributed by atoms with Crippen molar-refractivity contribution in [2.75, 3.05) is 19.6 Å². The van der Waals surface area contributed by atoms with E-state index in [2.05, 4.69) is 5.32 Å². The van der Waals surface area contributed by atoms with Gasteiger partial charge in [0.05, 0.1) is 6.10 Å². The molecule has 92 valence electrons. The molecule has 1 aliphatic heterocycles. The van der Waals surface area contributed by atoms with Crippen molar-refractivity contribution in [3.63, 3.8) is 0 Å². The van der Waals surface area contributed by atoms with E-state index in [1.165, 1.54) is 0 Å². The van der Waals surface area contributed by atoms with Gasteiger partial charge in [0.25, 0.3) is 0 Å². The summed E-state index contributed by atoms with van der Waals surface area (Å²) in [5, 5.41) is 11.8. The lowest BCUT2D eigenvalue weighted by Crippen LogP contribution is -2.43. The van der Waals surface area contributed by atoms with Crippen LogP contribution in [0.15, 0.2) is 0 Å². The van der Waals surface area contributed by atoms with Gasteiger partial charge in [-0.3, -0.25) is 9.59 Å². The number of hydrogen-bond donors (Lipinski definition) is 2. The first-order valence-corrected chi connectivity index (χ1v) is 5.72. The number of nitrogens with one attached hydrogen (secondary N) is 1. The molecule has 0 bridgehead atoms. The van der Waals surface area contributed by atoms with E-state index in [0.29, 0.717) is 32.5 Å². The lowest BCUT2D eigenvalue weighted by molar-refractivity contribution is -0.134. The highest BCUT2D eigenvalue weighted by molar-refractivity contribution is 5.79. The van der Waals surface area contributed by atoms with Gasteiger partial charge >= 0.3 is 0 Å². The number of nitrogens with zero attached hydrogens (tertiary/aromatic N) is 1. The summed E-state index contributed by atoms with van der Waals surface area (Å²) in [4.78, 5) is 24.5. The van der Waals surface area contributed by atoms with Gasteiger partial charge in [-0.05, 0) is 19.8 Å². The molecule has 0 saturated carbocycles. The van der Waals surface area contributed by atoms with Gasteiger partial charge in [-0.1, -0.05) is 0 Å². The van der Waals surface area contributed by atoms with E-state index >= 15 is 0 Å². The van der Waals surface area contributed by atoms with Gasteiger partial charge in [0.1, 0.15) is 0 Å². The van der Waals surface area contributed by atoms with Crippen LogP contribution in [0.2, 0.25) is 0 Å². The summed E-state index contributed by atoms with van der Waals surface area (Å²) in [6.07, 6.45) is 0.914. The van der Waals surface area contributed by atoms with Crippen molar-refractivity contribution in [2.24, 2.45) is 5.92 Å². The summed E-state index contributed by atoms with van der Waals surface area (Å²) in [7, 11) is 0. The minimum absolute atomic E-state index is 0.0101. The fourth-order valence-electron chi connectivity index (χ4n) is 1.85. The van der Waals surface area contributed by atoms with Crippen molar-refractivity contribution in [3.05, 3.63) is 0 Å². The second-order valence-corrected chi connectivity index (χ2v) is 4.37. The van der Waals surface area contributed by atoms with Crippen molar-refractivity contribution in [1.29, 1.82) is 0 Å². The summed E-state index contributed by atoms with van der Waals surface area (Å²) in [6.45, 7) is 4.79. The van der Waals surface area contributed by atoms with Crippen LogP contribution in [0.3, 0.4) is 0 Å². The second kappa shape index (κ2) is 5.84. The Kier molecular flexibility index (Phi) is 4.73. The van der Waals surface area contributed by atoms with Gasteiger partial charge in [-0.25, -0.2) is 0 Å². The molecule has 1 fully saturated rings. The number of carbonyl (C=O) groups is 2. The van der Waals surface area contributed by atoms with E-state index < -0.39 is 6.10 Å². The Labute approximate surface area is 95.8 Å². The molecule has 5 nitrogen and oxygen atoms in total. The molecule has 5 heteroatoms. The quantitative estimate of drug-likeness (QED) is 0.699.